The monoisotopic (exact) mass is 310 g/mol. The SMILES string of the molecule is CC(C)(C)NC(=O)c1c(-c2ccccc2)[nH]c2ccc(F)cc12. The smallest absolute Gasteiger partial charge is 0.254 e. The van der Waals surface area contributed by atoms with Gasteiger partial charge in [0, 0.05) is 16.4 Å². The number of H-pyrrole nitrogens is 1. The molecule has 0 radical (unpaired) electrons. The summed E-state index contributed by atoms with van der Waals surface area (Å²) in [4.78, 5) is 16.0. The molecule has 2 N–H and O–H groups in total. The maximum atomic E-state index is 13.7. The molecule has 3 aromatic rings. The van der Waals surface area contributed by atoms with Crippen LogP contribution >= 0.6 is 0 Å². The Labute approximate surface area is 134 Å². The summed E-state index contributed by atoms with van der Waals surface area (Å²) in [5, 5.41) is 3.55. The first kappa shape index (κ1) is 15.3. The normalized spacial score (nSPS) is 11.7. The number of halogens is 1. The second-order valence-electron chi connectivity index (χ2n) is 6.64. The van der Waals surface area contributed by atoms with Crippen LogP contribution in [0.25, 0.3) is 22.2 Å². The van der Waals surface area contributed by atoms with Crippen molar-refractivity contribution in [3.8, 4) is 11.3 Å². The molecule has 118 valence electrons. The van der Waals surface area contributed by atoms with E-state index in [1.807, 2.05) is 51.1 Å². The number of benzene rings is 2. The van der Waals surface area contributed by atoms with Crippen molar-refractivity contribution in [2.24, 2.45) is 0 Å². The van der Waals surface area contributed by atoms with E-state index in [1.165, 1.54) is 12.1 Å². The van der Waals surface area contributed by atoms with Crippen molar-refractivity contribution in [2.75, 3.05) is 0 Å². The van der Waals surface area contributed by atoms with Crippen LogP contribution in [0, 0.1) is 5.82 Å². The van der Waals surface area contributed by atoms with Crippen LogP contribution in [0.2, 0.25) is 0 Å². The summed E-state index contributed by atoms with van der Waals surface area (Å²) >= 11 is 0. The fourth-order valence-electron chi connectivity index (χ4n) is 2.62. The lowest BCUT2D eigenvalue weighted by Gasteiger charge is -2.20. The van der Waals surface area contributed by atoms with Gasteiger partial charge >= 0.3 is 0 Å². The second-order valence-corrected chi connectivity index (χ2v) is 6.64. The number of fused-ring (bicyclic) bond motifs is 1. The number of rotatable bonds is 2. The number of hydrogen-bond donors (Lipinski definition) is 2. The average molecular weight is 310 g/mol. The van der Waals surface area contributed by atoms with Crippen molar-refractivity contribution >= 4 is 16.8 Å². The number of hydrogen-bond acceptors (Lipinski definition) is 1. The van der Waals surface area contributed by atoms with Crippen molar-refractivity contribution in [2.45, 2.75) is 26.3 Å². The van der Waals surface area contributed by atoms with Gasteiger partial charge in [0.15, 0.2) is 0 Å². The van der Waals surface area contributed by atoms with Crippen molar-refractivity contribution < 1.29 is 9.18 Å². The van der Waals surface area contributed by atoms with E-state index >= 15 is 0 Å². The van der Waals surface area contributed by atoms with Crippen molar-refractivity contribution in [3.05, 3.63) is 59.9 Å². The van der Waals surface area contributed by atoms with Gasteiger partial charge in [-0.15, -0.1) is 0 Å². The maximum Gasteiger partial charge on any atom is 0.254 e. The van der Waals surface area contributed by atoms with Gasteiger partial charge in [-0.25, -0.2) is 4.39 Å². The van der Waals surface area contributed by atoms with Gasteiger partial charge in [0.05, 0.1) is 11.3 Å². The summed E-state index contributed by atoms with van der Waals surface area (Å²) in [5.41, 5.74) is 2.43. The Balaban J connectivity index is 2.23. The zero-order valence-electron chi connectivity index (χ0n) is 13.4. The molecule has 0 unspecified atom stereocenters. The van der Waals surface area contributed by atoms with Gasteiger partial charge in [-0.05, 0) is 44.5 Å². The lowest BCUT2D eigenvalue weighted by atomic mass is 10.0. The zero-order valence-corrected chi connectivity index (χ0v) is 13.4. The Hall–Kier alpha value is -2.62. The number of aromatic nitrogens is 1. The lowest BCUT2D eigenvalue weighted by molar-refractivity contribution is 0.0922. The Kier molecular flexibility index (Phi) is 3.68. The molecule has 1 heterocycles. The van der Waals surface area contributed by atoms with Gasteiger partial charge in [-0.1, -0.05) is 30.3 Å². The Bertz CT molecular complexity index is 860. The lowest BCUT2D eigenvalue weighted by Crippen LogP contribution is -2.40. The molecule has 1 amide bonds. The molecule has 0 atom stereocenters. The highest BCUT2D eigenvalue weighted by atomic mass is 19.1. The van der Waals surface area contributed by atoms with Crippen molar-refractivity contribution in [1.82, 2.24) is 10.3 Å². The molecule has 0 aliphatic rings. The molecule has 0 spiro atoms. The summed E-state index contributed by atoms with van der Waals surface area (Å²) in [6.45, 7) is 5.76. The van der Waals surface area contributed by atoms with Crippen LogP contribution in [-0.4, -0.2) is 16.4 Å². The molecular formula is C19H19FN2O. The van der Waals surface area contributed by atoms with E-state index in [9.17, 15) is 9.18 Å². The largest absolute Gasteiger partial charge is 0.354 e. The zero-order chi connectivity index (χ0) is 16.6. The summed E-state index contributed by atoms with van der Waals surface area (Å²) in [6.07, 6.45) is 0. The number of amides is 1. The van der Waals surface area contributed by atoms with Crippen LogP contribution in [0.1, 0.15) is 31.1 Å². The van der Waals surface area contributed by atoms with Crippen LogP contribution in [0.15, 0.2) is 48.5 Å². The molecule has 23 heavy (non-hydrogen) atoms. The molecule has 0 saturated carbocycles. The summed E-state index contributed by atoms with van der Waals surface area (Å²) in [5.74, 6) is -0.575. The van der Waals surface area contributed by atoms with Gasteiger partial charge in [0.1, 0.15) is 5.82 Å². The molecular weight excluding hydrogens is 291 g/mol. The molecule has 3 nitrogen and oxygen atoms in total. The van der Waals surface area contributed by atoms with E-state index in [1.54, 1.807) is 6.07 Å². The summed E-state index contributed by atoms with van der Waals surface area (Å²) in [7, 11) is 0. The Morgan fingerprint density at radius 3 is 2.43 bits per heavy atom. The number of carbonyl (C=O) groups is 1. The van der Waals surface area contributed by atoms with E-state index in [0.29, 0.717) is 16.6 Å². The van der Waals surface area contributed by atoms with Crippen molar-refractivity contribution in [1.29, 1.82) is 0 Å². The minimum absolute atomic E-state index is 0.215. The van der Waals surface area contributed by atoms with Crippen LogP contribution < -0.4 is 5.32 Å². The first-order chi connectivity index (χ1) is 10.8. The van der Waals surface area contributed by atoms with Crippen LogP contribution in [-0.2, 0) is 0 Å². The quantitative estimate of drug-likeness (QED) is 0.719. The van der Waals surface area contributed by atoms with Crippen LogP contribution in [0.3, 0.4) is 0 Å². The highest BCUT2D eigenvalue weighted by Crippen LogP contribution is 2.31. The topological polar surface area (TPSA) is 44.9 Å². The maximum absolute atomic E-state index is 13.7. The predicted molar refractivity (Wildman–Crippen MR) is 90.9 cm³/mol. The highest BCUT2D eigenvalue weighted by Gasteiger charge is 2.23. The fraction of sp³-hybridized carbons (Fsp3) is 0.211. The third-order valence-electron chi connectivity index (χ3n) is 3.54. The third kappa shape index (κ3) is 3.11. The molecule has 0 fully saturated rings. The average Bonchev–Trinajstić information content (AvgIpc) is 2.85. The van der Waals surface area contributed by atoms with Crippen molar-refractivity contribution in [3.63, 3.8) is 0 Å². The standard InChI is InChI=1S/C19H19FN2O/c1-19(2,3)22-18(23)16-14-11-13(20)9-10-15(14)21-17(16)12-7-5-4-6-8-12/h4-11,21H,1-3H3,(H,22,23). The first-order valence-electron chi connectivity index (χ1n) is 7.54. The molecule has 0 saturated heterocycles. The number of nitrogens with one attached hydrogen (secondary N) is 2. The van der Waals surface area contributed by atoms with E-state index in [4.69, 9.17) is 0 Å². The predicted octanol–water partition coefficient (Wildman–Crippen LogP) is 4.50. The fourth-order valence-corrected chi connectivity index (χ4v) is 2.62. The molecule has 3 rings (SSSR count). The van der Waals surface area contributed by atoms with E-state index in [0.717, 1.165) is 11.1 Å². The summed E-state index contributed by atoms with van der Waals surface area (Å²) < 4.78 is 13.7. The first-order valence-corrected chi connectivity index (χ1v) is 7.54. The Morgan fingerprint density at radius 2 is 1.78 bits per heavy atom. The highest BCUT2D eigenvalue weighted by molar-refractivity contribution is 6.12. The van der Waals surface area contributed by atoms with Gasteiger partial charge in [0.2, 0.25) is 0 Å². The van der Waals surface area contributed by atoms with Gasteiger partial charge in [-0.3, -0.25) is 4.79 Å². The van der Waals surface area contributed by atoms with Gasteiger partial charge in [0.25, 0.3) is 5.91 Å². The second kappa shape index (κ2) is 5.54. The summed E-state index contributed by atoms with van der Waals surface area (Å²) in [6, 6.07) is 14.0. The molecule has 0 bridgehead atoms. The third-order valence-corrected chi connectivity index (χ3v) is 3.54. The van der Waals surface area contributed by atoms with E-state index in [-0.39, 0.29) is 17.3 Å². The molecule has 2 aromatic carbocycles. The molecule has 1 aromatic heterocycles. The minimum atomic E-state index is -0.373. The van der Waals surface area contributed by atoms with Gasteiger partial charge < -0.3 is 10.3 Å². The van der Waals surface area contributed by atoms with Gasteiger partial charge in [-0.2, -0.15) is 0 Å². The molecule has 0 aliphatic carbocycles. The minimum Gasteiger partial charge on any atom is -0.354 e. The molecule has 0 aliphatic heterocycles. The number of carbonyl (C=O) groups excluding carboxylic acids is 1. The van der Waals surface area contributed by atoms with E-state index < -0.39 is 0 Å². The Morgan fingerprint density at radius 1 is 1.09 bits per heavy atom. The van der Waals surface area contributed by atoms with Crippen LogP contribution in [0.5, 0.6) is 0 Å². The number of aromatic amines is 1. The van der Waals surface area contributed by atoms with E-state index in [2.05, 4.69) is 10.3 Å². The van der Waals surface area contributed by atoms with Crippen LogP contribution in [0.4, 0.5) is 4.39 Å². The molecule has 4 heteroatoms.